The van der Waals surface area contributed by atoms with Crippen molar-refractivity contribution in [2.45, 2.75) is 12.5 Å². The van der Waals surface area contributed by atoms with Crippen LogP contribution in [0.4, 0.5) is 0 Å². The van der Waals surface area contributed by atoms with Crippen molar-refractivity contribution in [2.24, 2.45) is 0 Å². The van der Waals surface area contributed by atoms with Crippen LogP contribution in [0.25, 0.3) is 0 Å². The van der Waals surface area contributed by atoms with Crippen LogP contribution in [-0.2, 0) is 6.42 Å². The topological polar surface area (TPSA) is 33.1 Å². The average Bonchev–Trinajstić information content (AvgIpc) is 2.33. The van der Waals surface area contributed by atoms with E-state index in [2.05, 4.69) is 4.98 Å². The summed E-state index contributed by atoms with van der Waals surface area (Å²) < 4.78 is 0. The maximum absolute atomic E-state index is 10.1. The molecule has 1 aromatic heterocycles. The van der Waals surface area contributed by atoms with Gasteiger partial charge in [-0.1, -0.05) is 29.3 Å². The van der Waals surface area contributed by atoms with Gasteiger partial charge in [0.05, 0.1) is 6.10 Å². The zero-order valence-corrected chi connectivity index (χ0v) is 10.5. The van der Waals surface area contributed by atoms with Crippen LogP contribution in [0.2, 0.25) is 10.0 Å². The Morgan fingerprint density at radius 2 is 2.00 bits per heavy atom. The molecular weight excluding hydrogens is 257 g/mol. The van der Waals surface area contributed by atoms with E-state index < -0.39 is 6.10 Å². The van der Waals surface area contributed by atoms with Crippen molar-refractivity contribution in [2.75, 3.05) is 0 Å². The Kier molecular flexibility index (Phi) is 4.00. The van der Waals surface area contributed by atoms with Gasteiger partial charge in [-0.2, -0.15) is 0 Å². The van der Waals surface area contributed by atoms with E-state index >= 15 is 0 Å². The first-order valence-corrected chi connectivity index (χ1v) is 5.95. The second-order valence-corrected chi connectivity index (χ2v) is 4.55. The van der Waals surface area contributed by atoms with Gasteiger partial charge in [-0.3, -0.25) is 4.98 Å². The van der Waals surface area contributed by atoms with Crippen molar-refractivity contribution < 1.29 is 5.11 Å². The minimum atomic E-state index is -0.698. The lowest BCUT2D eigenvalue weighted by molar-refractivity contribution is 0.177. The molecule has 88 valence electrons. The van der Waals surface area contributed by atoms with E-state index in [1.165, 1.54) is 0 Å². The smallest absolute Gasteiger partial charge is 0.0860 e. The molecule has 0 amide bonds. The number of rotatable bonds is 3. The normalized spacial score (nSPS) is 12.4. The second-order valence-electron chi connectivity index (χ2n) is 3.71. The van der Waals surface area contributed by atoms with Crippen LogP contribution in [0.3, 0.4) is 0 Å². The van der Waals surface area contributed by atoms with Gasteiger partial charge >= 0.3 is 0 Å². The summed E-state index contributed by atoms with van der Waals surface area (Å²) in [4.78, 5) is 4.16. The molecule has 0 saturated carbocycles. The SMILES string of the molecule is OC(Cc1ccccn1)c1cc(Cl)ccc1Cl. The van der Waals surface area contributed by atoms with Crippen LogP contribution in [0, 0.1) is 0 Å². The zero-order valence-electron chi connectivity index (χ0n) is 8.98. The lowest BCUT2D eigenvalue weighted by atomic mass is 10.0. The molecule has 1 N–H and O–H groups in total. The lowest BCUT2D eigenvalue weighted by Crippen LogP contribution is -2.03. The van der Waals surface area contributed by atoms with Gasteiger partial charge in [0.15, 0.2) is 0 Å². The first kappa shape index (κ1) is 12.4. The third-order valence-corrected chi connectivity index (χ3v) is 3.02. The van der Waals surface area contributed by atoms with Crippen molar-refractivity contribution in [1.82, 2.24) is 4.98 Å². The molecule has 0 radical (unpaired) electrons. The van der Waals surface area contributed by atoms with Crippen molar-refractivity contribution in [3.8, 4) is 0 Å². The Morgan fingerprint density at radius 1 is 1.18 bits per heavy atom. The predicted octanol–water partition coefficient (Wildman–Crippen LogP) is 3.66. The molecular formula is C13H11Cl2NO. The van der Waals surface area contributed by atoms with Crippen LogP contribution in [0.1, 0.15) is 17.4 Å². The molecule has 2 aromatic rings. The zero-order chi connectivity index (χ0) is 12.3. The first-order chi connectivity index (χ1) is 8.16. The van der Waals surface area contributed by atoms with Gasteiger partial charge in [-0.25, -0.2) is 0 Å². The molecule has 1 atom stereocenters. The molecule has 4 heteroatoms. The van der Waals surface area contributed by atoms with E-state index in [9.17, 15) is 5.11 Å². The highest BCUT2D eigenvalue weighted by molar-refractivity contribution is 6.33. The third-order valence-electron chi connectivity index (χ3n) is 2.45. The quantitative estimate of drug-likeness (QED) is 0.921. The summed E-state index contributed by atoms with van der Waals surface area (Å²) in [6, 6.07) is 10.6. The van der Waals surface area contributed by atoms with Gasteiger partial charge in [0.2, 0.25) is 0 Å². The van der Waals surface area contributed by atoms with Crippen LogP contribution in [-0.4, -0.2) is 10.1 Å². The summed E-state index contributed by atoms with van der Waals surface area (Å²) in [7, 11) is 0. The van der Waals surface area contributed by atoms with Gasteiger partial charge < -0.3 is 5.11 Å². The number of aliphatic hydroxyl groups is 1. The monoisotopic (exact) mass is 267 g/mol. The van der Waals surface area contributed by atoms with E-state index in [0.717, 1.165) is 5.69 Å². The van der Waals surface area contributed by atoms with E-state index in [1.807, 2.05) is 18.2 Å². The van der Waals surface area contributed by atoms with Crippen molar-refractivity contribution in [3.05, 3.63) is 63.9 Å². The lowest BCUT2D eigenvalue weighted by Gasteiger charge is -2.12. The molecule has 0 aliphatic heterocycles. The highest BCUT2D eigenvalue weighted by Gasteiger charge is 2.13. The maximum Gasteiger partial charge on any atom is 0.0860 e. The Bertz CT molecular complexity index is 502. The molecule has 2 rings (SSSR count). The minimum Gasteiger partial charge on any atom is -0.388 e. The van der Waals surface area contributed by atoms with E-state index in [4.69, 9.17) is 23.2 Å². The molecule has 0 spiro atoms. The molecule has 2 nitrogen and oxygen atoms in total. The maximum atomic E-state index is 10.1. The Labute approximate surface area is 110 Å². The fraction of sp³-hybridized carbons (Fsp3) is 0.154. The summed E-state index contributed by atoms with van der Waals surface area (Å²) in [6.45, 7) is 0. The summed E-state index contributed by atoms with van der Waals surface area (Å²) in [5.74, 6) is 0. The van der Waals surface area contributed by atoms with Crippen LogP contribution < -0.4 is 0 Å². The second kappa shape index (κ2) is 5.50. The number of hydrogen-bond donors (Lipinski definition) is 1. The Balaban J connectivity index is 2.20. The summed E-state index contributed by atoms with van der Waals surface area (Å²) >= 11 is 11.9. The largest absolute Gasteiger partial charge is 0.388 e. The van der Waals surface area contributed by atoms with Crippen LogP contribution in [0.5, 0.6) is 0 Å². The number of aliphatic hydroxyl groups excluding tert-OH is 1. The van der Waals surface area contributed by atoms with Crippen molar-refractivity contribution in [1.29, 1.82) is 0 Å². The van der Waals surface area contributed by atoms with E-state index in [1.54, 1.807) is 24.4 Å². The molecule has 1 unspecified atom stereocenters. The average molecular weight is 268 g/mol. The van der Waals surface area contributed by atoms with Crippen LogP contribution >= 0.6 is 23.2 Å². The summed E-state index contributed by atoms with van der Waals surface area (Å²) in [5.41, 5.74) is 1.45. The fourth-order valence-electron chi connectivity index (χ4n) is 1.60. The summed E-state index contributed by atoms with van der Waals surface area (Å²) in [6.07, 6.45) is 1.42. The molecule has 17 heavy (non-hydrogen) atoms. The molecule has 0 saturated heterocycles. The molecule has 0 aliphatic rings. The first-order valence-electron chi connectivity index (χ1n) is 5.20. The van der Waals surface area contributed by atoms with Gasteiger partial charge in [0.25, 0.3) is 0 Å². The Hall–Kier alpha value is -1.09. The number of nitrogens with zero attached hydrogens (tertiary/aromatic N) is 1. The van der Waals surface area contributed by atoms with Gasteiger partial charge in [0, 0.05) is 33.9 Å². The minimum absolute atomic E-state index is 0.418. The van der Waals surface area contributed by atoms with E-state index in [-0.39, 0.29) is 0 Å². The highest BCUT2D eigenvalue weighted by atomic mass is 35.5. The number of halogens is 2. The molecule has 0 aliphatic carbocycles. The Morgan fingerprint density at radius 3 is 2.71 bits per heavy atom. The van der Waals surface area contributed by atoms with Gasteiger partial charge in [-0.05, 0) is 30.3 Å². The van der Waals surface area contributed by atoms with Crippen molar-refractivity contribution in [3.63, 3.8) is 0 Å². The molecule has 1 aromatic carbocycles. The number of aromatic nitrogens is 1. The van der Waals surface area contributed by atoms with E-state index in [0.29, 0.717) is 22.0 Å². The molecule has 1 heterocycles. The molecule has 0 bridgehead atoms. The number of benzene rings is 1. The van der Waals surface area contributed by atoms with Gasteiger partial charge in [-0.15, -0.1) is 0 Å². The van der Waals surface area contributed by atoms with Crippen molar-refractivity contribution >= 4 is 23.2 Å². The molecule has 0 fully saturated rings. The standard InChI is InChI=1S/C13H11Cl2NO/c14-9-4-5-12(15)11(7-9)13(17)8-10-3-1-2-6-16-10/h1-7,13,17H,8H2. The predicted molar refractivity (Wildman–Crippen MR) is 69.4 cm³/mol. The summed E-state index contributed by atoms with van der Waals surface area (Å²) in [5, 5.41) is 11.2. The number of hydrogen-bond acceptors (Lipinski definition) is 2. The third kappa shape index (κ3) is 3.19. The number of pyridine rings is 1. The fourth-order valence-corrected chi connectivity index (χ4v) is 2.02. The highest BCUT2D eigenvalue weighted by Crippen LogP contribution is 2.28. The van der Waals surface area contributed by atoms with Gasteiger partial charge in [0.1, 0.15) is 0 Å². The van der Waals surface area contributed by atoms with Crippen LogP contribution in [0.15, 0.2) is 42.6 Å².